The predicted octanol–water partition coefficient (Wildman–Crippen LogP) is 0.345. The number of amides is 1. The molecule has 0 radical (unpaired) electrons. The number of ether oxygens (including phenoxy) is 2. The lowest BCUT2D eigenvalue weighted by atomic mass is 9.86. The Bertz CT molecular complexity index is 452. The van der Waals surface area contributed by atoms with Crippen LogP contribution in [0.3, 0.4) is 0 Å². The Hall–Kier alpha value is -2.12. The van der Waals surface area contributed by atoms with E-state index in [-0.39, 0.29) is 29.9 Å². The van der Waals surface area contributed by atoms with E-state index in [0.717, 1.165) is 25.7 Å². The number of hydrogen-bond donors (Lipinski definition) is 2. The maximum absolute atomic E-state index is 11.1. The standard InChI is InChI=1S/C12H19N5O3/c1-19-11-15-10(16-12(17-11)20-2)14-8-5-3-7(4-6-8)9(13)18/h7-8H,3-6H2,1-2H3,(H2,13,18)(H,14,15,16,17). The zero-order chi connectivity index (χ0) is 14.5. The van der Waals surface area contributed by atoms with Gasteiger partial charge in [-0.05, 0) is 25.7 Å². The maximum Gasteiger partial charge on any atom is 0.324 e. The van der Waals surface area contributed by atoms with Crippen molar-refractivity contribution in [1.29, 1.82) is 0 Å². The molecular formula is C12H19N5O3. The highest BCUT2D eigenvalue weighted by Crippen LogP contribution is 2.26. The molecule has 0 spiro atoms. The summed E-state index contributed by atoms with van der Waals surface area (Å²) in [6, 6.07) is 0.609. The lowest BCUT2D eigenvalue weighted by molar-refractivity contribution is -0.122. The Morgan fingerprint density at radius 1 is 1.10 bits per heavy atom. The van der Waals surface area contributed by atoms with Crippen LogP contribution >= 0.6 is 0 Å². The fourth-order valence-electron chi connectivity index (χ4n) is 2.29. The Morgan fingerprint density at radius 3 is 2.10 bits per heavy atom. The van der Waals surface area contributed by atoms with E-state index in [0.29, 0.717) is 5.95 Å². The first-order chi connectivity index (χ1) is 9.62. The van der Waals surface area contributed by atoms with Crippen molar-refractivity contribution >= 4 is 11.9 Å². The van der Waals surface area contributed by atoms with Gasteiger partial charge in [-0.3, -0.25) is 4.79 Å². The molecule has 1 saturated carbocycles. The van der Waals surface area contributed by atoms with Gasteiger partial charge in [-0.2, -0.15) is 9.97 Å². The second-order valence-electron chi connectivity index (χ2n) is 4.73. The molecule has 0 atom stereocenters. The molecule has 1 aliphatic rings. The van der Waals surface area contributed by atoms with Gasteiger partial charge in [0.2, 0.25) is 11.9 Å². The van der Waals surface area contributed by atoms with E-state index in [9.17, 15) is 4.79 Å². The minimum atomic E-state index is -0.216. The van der Waals surface area contributed by atoms with E-state index in [1.165, 1.54) is 14.2 Å². The molecule has 8 heteroatoms. The zero-order valence-electron chi connectivity index (χ0n) is 11.6. The van der Waals surface area contributed by atoms with Crippen molar-refractivity contribution in [2.75, 3.05) is 19.5 Å². The van der Waals surface area contributed by atoms with Crippen LogP contribution in [0.25, 0.3) is 0 Å². The van der Waals surface area contributed by atoms with Crippen LogP contribution < -0.4 is 20.5 Å². The highest BCUT2D eigenvalue weighted by Gasteiger charge is 2.25. The molecule has 0 saturated heterocycles. The Labute approximate surface area is 117 Å². The number of hydrogen-bond acceptors (Lipinski definition) is 7. The first kappa shape index (κ1) is 14.3. The van der Waals surface area contributed by atoms with Gasteiger partial charge in [0.1, 0.15) is 0 Å². The number of nitrogens with two attached hydrogens (primary N) is 1. The molecule has 1 amide bonds. The first-order valence-corrected chi connectivity index (χ1v) is 6.52. The highest BCUT2D eigenvalue weighted by molar-refractivity contribution is 5.76. The molecule has 0 aliphatic heterocycles. The van der Waals surface area contributed by atoms with E-state index < -0.39 is 0 Å². The fraction of sp³-hybridized carbons (Fsp3) is 0.667. The van der Waals surface area contributed by atoms with Gasteiger partial charge >= 0.3 is 12.0 Å². The number of primary amides is 1. The molecular weight excluding hydrogens is 262 g/mol. The summed E-state index contributed by atoms with van der Waals surface area (Å²) in [7, 11) is 2.97. The average molecular weight is 281 g/mol. The van der Waals surface area contributed by atoms with Crippen molar-refractivity contribution in [3.8, 4) is 12.0 Å². The summed E-state index contributed by atoms with van der Waals surface area (Å²) in [5.74, 6) is 0.179. The van der Waals surface area contributed by atoms with Crippen LogP contribution in [-0.2, 0) is 4.79 Å². The van der Waals surface area contributed by atoms with Gasteiger partial charge in [0, 0.05) is 12.0 Å². The third kappa shape index (κ3) is 3.46. The Morgan fingerprint density at radius 2 is 1.65 bits per heavy atom. The average Bonchev–Trinajstić information content (AvgIpc) is 2.47. The molecule has 110 valence electrons. The number of aromatic nitrogens is 3. The van der Waals surface area contributed by atoms with E-state index in [1.54, 1.807) is 0 Å². The van der Waals surface area contributed by atoms with Crippen LogP contribution in [0.1, 0.15) is 25.7 Å². The third-order valence-electron chi connectivity index (χ3n) is 3.42. The summed E-state index contributed by atoms with van der Waals surface area (Å²) in [4.78, 5) is 23.3. The third-order valence-corrected chi connectivity index (χ3v) is 3.42. The lowest BCUT2D eigenvalue weighted by Crippen LogP contribution is -2.32. The van der Waals surface area contributed by atoms with E-state index in [2.05, 4.69) is 20.3 Å². The maximum atomic E-state index is 11.1. The van der Waals surface area contributed by atoms with Gasteiger partial charge in [0.25, 0.3) is 0 Å². The minimum absolute atomic E-state index is 0.0181. The lowest BCUT2D eigenvalue weighted by Gasteiger charge is -2.27. The molecule has 1 aromatic heterocycles. The van der Waals surface area contributed by atoms with Crippen LogP contribution in [0.5, 0.6) is 12.0 Å². The van der Waals surface area contributed by atoms with Gasteiger partial charge in [0.15, 0.2) is 0 Å². The summed E-state index contributed by atoms with van der Waals surface area (Å²) >= 11 is 0. The number of nitrogens with one attached hydrogen (secondary N) is 1. The largest absolute Gasteiger partial charge is 0.467 e. The smallest absolute Gasteiger partial charge is 0.324 e. The van der Waals surface area contributed by atoms with Crippen molar-refractivity contribution in [3.05, 3.63) is 0 Å². The van der Waals surface area contributed by atoms with Crippen molar-refractivity contribution < 1.29 is 14.3 Å². The molecule has 0 aromatic carbocycles. The molecule has 1 aromatic rings. The number of rotatable bonds is 5. The quantitative estimate of drug-likeness (QED) is 0.800. The molecule has 3 N–H and O–H groups in total. The van der Waals surface area contributed by atoms with Gasteiger partial charge in [-0.15, -0.1) is 4.98 Å². The number of carbonyl (C=O) groups excluding carboxylic acids is 1. The summed E-state index contributed by atoms with van der Waals surface area (Å²) < 4.78 is 9.98. The van der Waals surface area contributed by atoms with E-state index in [4.69, 9.17) is 15.2 Å². The number of anilines is 1. The Balaban J connectivity index is 1.98. The van der Waals surface area contributed by atoms with E-state index >= 15 is 0 Å². The van der Waals surface area contributed by atoms with Gasteiger partial charge in [0.05, 0.1) is 14.2 Å². The van der Waals surface area contributed by atoms with Gasteiger partial charge < -0.3 is 20.5 Å². The molecule has 1 heterocycles. The monoisotopic (exact) mass is 281 g/mol. The number of methoxy groups -OCH3 is 2. The second kappa shape index (κ2) is 6.36. The summed E-state index contributed by atoms with van der Waals surface area (Å²) in [6.07, 6.45) is 3.27. The van der Waals surface area contributed by atoms with Crippen LogP contribution in [0, 0.1) is 5.92 Å². The van der Waals surface area contributed by atoms with Crippen LogP contribution in [0.4, 0.5) is 5.95 Å². The SMILES string of the molecule is COc1nc(NC2CCC(C(N)=O)CC2)nc(OC)n1. The van der Waals surface area contributed by atoms with Crippen molar-refractivity contribution in [2.45, 2.75) is 31.7 Å². The molecule has 1 fully saturated rings. The molecule has 8 nitrogen and oxygen atoms in total. The summed E-state index contributed by atoms with van der Waals surface area (Å²) in [5.41, 5.74) is 5.32. The van der Waals surface area contributed by atoms with E-state index in [1.807, 2.05) is 0 Å². The van der Waals surface area contributed by atoms with Crippen LogP contribution in [0.15, 0.2) is 0 Å². The predicted molar refractivity (Wildman–Crippen MR) is 71.5 cm³/mol. The van der Waals surface area contributed by atoms with Crippen molar-refractivity contribution in [1.82, 2.24) is 15.0 Å². The normalized spacial score (nSPS) is 22.1. The Kier molecular flexibility index (Phi) is 4.54. The van der Waals surface area contributed by atoms with Crippen LogP contribution in [-0.4, -0.2) is 41.1 Å². The number of carbonyl (C=O) groups is 1. The van der Waals surface area contributed by atoms with Crippen LogP contribution in [0.2, 0.25) is 0 Å². The number of nitrogens with zero attached hydrogens (tertiary/aromatic N) is 3. The summed E-state index contributed by atoms with van der Waals surface area (Å²) in [6.45, 7) is 0. The summed E-state index contributed by atoms with van der Waals surface area (Å²) in [5, 5.41) is 3.22. The molecule has 20 heavy (non-hydrogen) atoms. The molecule has 0 unspecified atom stereocenters. The molecule has 1 aliphatic carbocycles. The molecule has 0 bridgehead atoms. The zero-order valence-corrected chi connectivity index (χ0v) is 11.6. The van der Waals surface area contributed by atoms with Gasteiger partial charge in [-0.1, -0.05) is 0 Å². The van der Waals surface area contributed by atoms with Gasteiger partial charge in [-0.25, -0.2) is 0 Å². The van der Waals surface area contributed by atoms with Crippen molar-refractivity contribution in [2.24, 2.45) is 11.7 Å². The second-order valence-corrected chi connectivity index (χ2v) is 4.73. The first-order valence-electron chi connectivity index (χ1n) is 6.52. The fourth-order valence-corrected chi connectivity index (χ4v) is 2.29. The highest BCUT2D eigenvalue weighted by atomic mass is 16.5. The minimum Gasteiger partial charge on any atom is -0.467 e. The topological polar surface area (TPSA) is 112 Å². The van der Waals surface area contributed by atoms with Crippen molar-refractivity contribution in [3.63, 3.8) is 0 Å². The molecule has 2 rings (SSSR count).